The lowest BCUT2D eigenvalue weighted by Crippen LogP contribution is -2.22. The third-order valence-electron chi connectivity index (χ3n) is 4.05. The van der Waals surface area contributed by atoms with Crippen molar-refractivity contribution in [2.24, 2.45) is 0 Å². The van der Waals surface area contributed by atoms with Crippen LogP contribution in [-0.2, 0) is 9.47 Å². The Hall–Kier alpha value is -2.00. The maximum atomic E-state index is 11.4. The van der Waals surface area contributed by atoms with Gasteiger partial charge in [0.05, 0.1) is 17.1 Å². The second kappa shape index (κ2) is 7.51. The summed E-state index contributed by atoms with van der Waals surface area (Å²) in [7, 11) is 0. The Morgan fingerprint density at radius 3 is 2.00 bits per heavy atom. The van der Waals surface area contributed by atoms with Crippen LogP contribution in [-0.4, -0.2) is 53.4 Å². The van der Waals surface area contributed by atoms with Gasteiger partial charge < -0.3 is 20.1 Å². The lowest BCUT2D eigenvalue weighted by atomic mass is 10.2. The quantitative estimate of drug-likeness (QED) is 0.574. The predicted octanol–water partition coefficient (Wildman–Crippen LogP) is 1.57. The number of rotatable bonds is 7. The molecule has 2 atom stereocenters. The molecular weight excluding hydrogens is 302 g/mol. The van der Waals surface area contributed by atoms with E-state index < -0.39 is 4.92 Å². The minimum Gasteiger partial charge on any atom is -0.376 e. The van der Waals surface area contributed by atoms with E-state index in [4.69, 9.17) is 9.47 Å². The van der Waals surface area contributed by atoms with E-state index in [1.807, 2.05) is 0 Å². The van der Waals surface area contributed by atoms with Crippen LogP contribution in [0.15, 0.2) is 6.33 Å². The molecule has 0 spiro atoms. The molecule has 0 aromatic carbocycles. The van der Waals surface area contributed by atoms with Gasteiger partial charge in [0.1, 0.15) is 6.33 Å². The first-order valence-corrected chi connectivity index (χ1v) is 7.94. The van der Waals surface area contributed by atoms with Crippen LogP contribution >= 0.6 is 0 Å². The van der Waals surface area contributed by atoms with Crippen LogP contribution in [0.5, 0.6) is 0 Å². The van der Waals surface area contributed by atoms with Gasteiger partial charge in [0.2, 0.25) is 11.6 Å². The lowest BCUT2D eigenvalue weighted by molar-refractivity contribution is -0.383. The summed E-state index contributed by atoms with van der Waals surface area (Å²) in [5.74, 6) is 0.436. The van der Waals surface area contributed by atoms with Gasteiger partial charge in [-0.25, -0.2) is 9.97 Å². The third kappa shape index (κ3) is 4.05. The fraction of sp³-hybridized carbons (Fsp3) is 0.714. The minimum absolute atomic E-state index is 0.0767. The van der Waals surface area contributed by atoms with E-state index in [1.165, 1.54) is 6.33 Å². The van der Waals surface area contributed by atoms with Crippen molar-refractivity contribution in [3.8, 4) is 0 Å². The van der Waals surface area contributed by atoms with Gasteiger partial charge >= 0.3 is 5.69 Å². The monoisotopic (exact) mass is 323 g/mol. The van der Waals surface area contributed by atoms with Crippen LogP contribution < -0.4 is 10.6 Å². The zero-order valence-electron chi connectivity index (χ0n) is 12.9. The molecule has 0 radical (unpaired) electrons. The van der Waals surface area contributed by atoms with Crippen molar-refractivity contribution in [2.75, 3.05) is 36.9 Å². The summed E-state index contributed by atoms with van der Waals surface area (Å²) in [6, 6.07) is 0. The smallest absolute Gasteiger partial charge is 0.353 e. The van der Waals surface area contributed by atoms with Crippen molar-refractivity contribution < 1.29 is 14.4 Å². The maximum absolute atomic E-state index is 11.4. The molecule has 0 saturated carbocycles. The second-order valence-corrected chi connectivity index (χ2v) is 5.71. The fourth-order valence-corrected chi connectivity index (χ4v) is 2.84. The summed E-state index contributed by atoms with van der Waals surface area (Å²) in [5, 5.41) is 17.4. The molecule has 3 heterocycles. The molecule has 9 nitrogen and oxygen atoms in total. The maximum Gasteiger partial charge on any atom is 0.353 e. The van der Waals surface area contributed by atoms with Gasteiger partial charge in [-0.1, -0.05) is 0 Å². The number of anilines is 2. The third-order valence-corrected chi connectivity index (χ3v) is 4.05. The molecule has 0 bridgehead atoms. The van der Waals surface area contributed by atoms with E-state index >= 15 is 0 Å². The zero-order valence-corrected chi connectivity index (χ0v) is 12.9. The van der Waals surface area contributed by atoms with Crippen LogP contribution in [0.2, 0.25) is 0 Å². The summed E-state index contributed by atoms with van der Waals surface area (Å²) in [5.41, 5.74) is -0.136. The van der Waals surface area contributed by atoms with Gasteiger partial charge in [-0.05, 0) is 25.7 Å². The number of aromatic nitrogens is 2. The van der Waals surface area contributed by atoms with Crippen LogP contribution in [0.3, 0.4) is 0 Å². The van der Waals surface area contributed by atoms with Crippen molar-refractivity contribution >= 4 is 17.3 Å². The number of nitrogens with zero attached hydrogens (tertiary/aromatic N) is 3. The number of hydrogen-bond donors (Lipinski definition) is 2. The molecule has 2 fully saturated rings. The first-order chi connectivity index (χ1) is 11.2. The normalized spacial score (nSPS) is 23.8. The van der Waals surface area contributed by atoms with Crippen molar-refractivity contribution in [3.63, 3.8) is 0 Å². The van der Waals surface area contributed by atoms with Gasteiger partial charge in [0.25, 0.3) is 0 Å². The van der Waals surface area contributed by atoms with Gasteiger partial charge in [-0.15, -0.1) is 0 Å². The molecular formula is C14H21N5O4. The van der Waals surface area contributed by atoms with Gasteiger partial charge in [0, 0.05) is 26.3 Å². The Balaban J connectivity index is 1.67. The average molecular weight is 323 g/mol. The van der Waals surface area contributed by atoms with Gasteiger partial charge in [0.15, 0.2) is 0 Å². The summed E-state index contributed by atoms with van der Waals surface area (Å²) < 4.78 is 11.0. The summed E-state index contributed by atoms with van der Waals surface area (Å²) in [6.45, 7) is 2.49. The Kier molecular flexibility index (Phi) is 5.19. The highest BCUT2D eigenvalue weighted by Gasteiger charge is 2.25. The molecule has 2 unspecified atom stereocenters. The standard InChI is InChI=1S/C14H21N5O4/c20-19(21)12-13(15-7-10-3-1-5-22-10)17-9-18-14(12)16-8-11-4-2-6-23-11/h9-11H,1-8H2,(H2,15,16,17,18). The molecule has 1 aromatic heterocycles. The predicted molar refractivity (Wildman–Crippen MR) is 83.6 cm³/mol. The molecule has 2 N–H and O–H groups in total. The Morgan fingerprint density at radius 2 is 1.61 bits per heavy atom. The zero-order chi connectivity index (χ0) is 16.1. The number of hydrogen-bond acceptors (Lipinski definition) is 8. The topological polar surface area (TPSA) is 111 Å². The first-order valence-electron chi connectivity index (χ1n) is 7.94. The van der Waals surface area contributed by atoms with E-state index in [9.17, 15) is 10.1 Å². The van der Waals surface area contributed by atoms with Crippen molar-refractivity contribution in [3.05, 3.63) is 16.4 Å². The number of nitrogens with one attached hydrogen (secondary N) is 2. The van der Waals surface area contributed by atoms with Gasteiger partial charge in [-0.2, -0.15) is 0 Å². The highest BCUT2D eigenvalue weighted by Crippen LogP contribution is 2.29. The SMILES string of the molecule is O=[N+]([O-])c1c(NCC2CCCO2)ncnc1NCC1CCCO1. The van der Waals surface area contributed by atoms with Crippen LogP contribution in [0.25, 0.3) is 0 Å². The number of nitro groups is 1. The molecule has 2 aliphatic rings. The summed E-state index contributed by atoms with van der Waals surface area (Å²) >= 11 is 0. The highest BCUT2D eigenvalue weighted by atomic mass is 16.6. The molecule has 2 saturated heterocycles. The number of ether oxygens (including phenoxy) is 2. The molecule has 126 valence electrons. The van der Waals surface area contributed by atoms with Crippen molar-refractivity contribution in [1.82, 2.24) is 9.97 Å². The summed E-state index contributed by atoms with van der Waals surface area (Å²) in [6.07, 6.45) is 5.42. The Bertz CT molecular complexity index is 506. The van der Waals surface area contributed by atoms with E-state index in [0.29, 0.717) is 13.1 Å². The molecule has 0 aliphatic carbocycles. The highest BCUT2D eigenvalue weighted by molar-refractivity contribution is 5.69. The first kappa shape index (κ1) is 15.9. The van der Waals surface area contributed by atoms with E-state index in [-0.39, 0.29) is 29.5 Å². The molecule has 23 heavy (non-hydrogen) atoms. The van der Waals surface area contributed by atoms with Crippen molar-refractivity contribution in [1.29, 1.82) is 0 Å². The summed E-state index contributed by atoms with van der Waals surface area (Å²) in [4.78, 5) is 19.0. The fourth-order valence-electron chi connectivity index (χ4n) is 2.84. The Labute approximate surface area is 133 Å². The minimum atomic E-state index is -0.463. The molecule has 0 amide bonds. The Morgan fingerprint density at radius 1 is 1.09 bits per heavy atom. The van der Waals surface area contributed by atoms with E-state index in [1.54, 1.807) is 0 Å². The molecule has 2 aliphatic heterocycles. The van der Waals surface area contributed by atoms with Gasteiger partial charge in [-0.3, -0.25) is 10.1 Å². The largest absolute Gasteiger partial charge is 0.376 e. The second-order valence-electron chi connectivity index (χ2n) is 5.71. The van der Waals surface area contributed by atoms with Crippen LogP contribution in [0.4, 0.5) is 17.3 Å². The van der Waals surface area contributed by atoms with Crippen molar-refractivity contribution in [2.45, 2.75) is 37.9 Å². The van der Waals surface area contributed by atoms with E-state index in [2.05, 4.69) is 20.6 Å². The molecule has 9 heteroatoms. The molecule has 1 aromatic rings. The molecule has 3 rings (SSSR count). The van der Waals surface area contributed by atoms with Crippen LogP contribution in [0.1, 0.15) is 25.7 Å². The average Bonchev–Trinajstić information content (AvgIpc) is 3.24. The van der Waals surface area contributed by atoms with E-state index in [0.717, 1.165) is 38.9 Å². The lowest BCUT2D eigenvalue weighted by Gasteiger charge is -2.14. The van der Waals surface area contributed by atoms with Crippen LogP contribution in [0, 0.1) is 10.1 Å².